The van der Waals surface area contributed by atoms with Crippen LogP contribution in [0.15, 0.2) is 30.3 Å². The molecule has 1 aromatic rings. The van der Waals surface area contributed by atoms with Crippen molar-refractivity contribution < 1.29 is 13.2 Å². The van der Waals surface area contributed by atoms with Gasteiger partial charge in [0.1, 0.15) is 0 Å². The minimum absolute atomic E-state index is 0.326. The standard InChI is InChI=1S/C12H16N2O3S/c13-11(8-9-4-2-1-3-5-9)12(15)14-18(16,17)10-6-7-10/h1-5,10-11H,6-8,13H2,(H,14,15). The Kier molecular flexibility index (Phi) is 3.68. The lowest BCUT2D eigenvalue weighted by atomic mass is 10.1. The van der Waals surface area contributed by atoms with E-state index in [2.05, 4.69) is 0 Å². The van der Waals surface area contributed by atoms with Crippen molar-refractivity contribution in [2.45, 2.75) is 30.6 Å². The highest BCUT2D eigenvalue weighted by molar-refractivity contribution is 7.90. The number of sulfonamides is 1. The lowest BCUT2D eigenvalue weighted by Crippen LogP contribution is -2.45. The third-order valence-corrected chi connectivity index (χ3v) is 4.68. The van der Waals surface area contributed by atoms with Crippen LogP contribution >= 0.6 is 0 Å². The van der Waals surface area contributed by atoms with E-state index in [1.165, 1.54) is 0 Å². The fourth-order valence-corrected chi connectivity index (χ4v) is 2.99. The first-order valence-electron chi connectivity index (χ1n) is 5.84. The Balaban J connectivity index is 1.93. The first kappa shape index (κ1) is 13.0. The SMILES string of the molecule is NC(Cc1ccccc1)C(=O)NS(=O)(=O)C1CC1. The molecule has 1 aliphatic rings. The van der Waals surface area contributed by atoms with Crippen LogP contribution < -0.4 is 10.5 Å². The summed E-state index contributed by atoms with van der Waals surface area (Å²) in [4.78, 5) is 11.7. The Bertz CT molecular complexity index is 524. The van der Waals surface area contributed by atoms with E-state index in [-0.39, 0.29) is 0 Å². The summed E-state index contributed by atoms with van der Waals surface area (Å²) in [7, 11) is -3.50. The van der Waals surface area contributed by atoms with Crippen molar-refractivity contribution in [1.29, 1.82) is 0 Å². The van der Waals surface area contributed by atoms with E-state index in [0.717, 1.165) is 5.56 Å². The van der Waals surface area contributed by atoms with Gasteiger partial charge in [0.2, 0.25) is 10.0 Å². The summed E-state index contributed by atoms with van der Waals surface area (Å²) in [6.45, 7) is 0. The Morgan fingerprint density at radius 3 is 2.50 bits per heavy atom. The molecule has 0 heterocycles. The van der Waals surface area contributed by atoms with Gasteiger partial charge in [-0.3, -0.25) is 9.52 Å². The monoisotopic (exact) mass is 268 g/mol. The van der Waals surface area contributed by atoms with E-state index in [1.54, 1.807) is 0 Å². The fourth-order valence-electron chi connectivity index (χ4n) is 1.64. The van der Waals surface area contributed by atoms with Gasteiger partial charge in [-0.05, 0) is 24.8 Å². The van der Waals surface area contributed by atoms with E-state index in [9.17, 15) is 13.2 Å². The van der Waals surface area contributed by atoms with E-state index in [4.69, 9.17) is 5.73 Å². The van der Waals surface area contributed by atoms with Crippen molar-refractivity contribution in [3.05, 3.63) is 35.9 Å². The largest absolute Gasteiger partial charge is 0.320 e. The quantitative estimate of drug-likeness (QED) is 0.796. The summed E-state index contributed by atoms with van der Waals surface area (Å²) < 4.78 is 25.2. The number of rotatable bonds is 5. The van der Waals surface area contributed by atoms with E-state index >= 15 is 0 Å². The van der Waals surface area contributed by atoms with Gasteiger partial charge >= 0.3 is 0 Å². The molecule has 1 saturated carbocycles. The molecule has 1 unspecified atom stereocenters. The second-order valence-corrected chi connectivity index (χ2v) is 6.47. The Labute approximate surface area is 106 Å². The number of benzene rings is 1. The summed E-state index contributed by atoms with van der Waals surface area (Å²) in [5.41, 5.74) is 6.61. The number of hydrogen-bond acceptors (Lipinski definition) is 4. The molecular formula is C12H16N2O3S. The first-order chi connectivity index (χ1) is 8.49. The fraction of sp³-hybridized carbons (Fsp3) is 0.417. The van der Waals surface area contributed by atoms with Crippen LogP contribution in [0.2, 0.25) is 0 Å². The first-order valence-corrected chi connectivity index (χ1v) is 7.38. The van der Waals surface area contributed by atoms with Crippen molar-refractivity contribution >= 4 is 15.9 Å². The summed E-state index contributed by atoms with van der Waals surface area (Å²) in [6, 6.07) is 8.42. The average molecular weight is 268 g/mol. The van der Waals surface area contributed by atoms with Gasteiger partial charge in [-0.25, -0.2) is 8.42 Å². The predicted octanol–water partition coefficient (Wildman–Crippen LogP) is 0.165. The normalized spacial score (nSPS) is 17.2. The highest BCUT2D eigenvalue weighted by Gasteiger charge is 2.37. The summed E-state index contributed by atoms with van der Waals surface area (Å²) in [5.74, 6) is -0.634. The van der Waals surface area contributed by atoms with Gasteiger partial charge in [0, 0.05) is 0 Å². The van der Waals surface area contributed by atoms with E-state index < -0.39 is 27.2 Å². The van der Waals surface area contributed by atoms with E-state index in [1.807, 2.05) is 35.1 Å². The summed E-state index contributed by atoms with van der Waals surface area (Å²) >= 11 is 0. The maximum atomic E-state index is 11.7. The molecule has 0 aromatic heterocycles. The molecule has 2 rings (SSSR count). The lowest BCUT2D eigenvalue weighted by Gasteiger charge is -2.12. The van der Waals surface area contributed by atoms with Crippen LogP contribution in [0.4, 0.5) is 0 Å². The minimum Gasteiger partial charge on any atom is -0.320 e. The van der Waals surface area contributed by atoms with Gasteiger partial charge in [0.25, 0.3) is 5.91 Å². The van der Waals surface area contributed by atoms with Gasteiger partial charge in [-0.1, -0.05) is 30.3 Å². The molecule has 5 nitrogen and oxygen atoms in total. The molecule has 0 radical (unpaired) electrons. The van der Waals surface area contributed by atoms with Crippen molar-refractivity contribution in [2.24, 2.45) is 5.73 Å². The average Bonchev–Trinajstić information content (AvgIpc) is 3.13. The zero-order chi connectivity index (χ0) is 13.2. The summed E-state index contributed by atoms with van der Waals surface area (Å²) in [6.07, 6.45) is 1.57. The number of nitrogens with one attached hydrogen (secondary N) is 1. The number of amides is 1. The molecule has 1 atom stereocenters. The summed E-state index contributed by atoms with van der Waals surface area (Å²) in [5, 5.41) is -0.412. The highest BCUT2D eigenvalue weighted by atomic mass is 32.2. The van der Waals surface area contributed by atoms with Crippen LogP contribution in [-0.2, 0) is 21.2 Å². The topological polar surface area (TPSA) is 89.3 Å². The molecule has 0 spiro atoms. The van der Waals surface area contributed by atoms with Gasteiger partial charge in [0.15, 0.2) is 0 Å². The van der Waals surface area contributed by atoms with Crippen LogP contribution in [0.25, 0.3) is 0 Å². The van der Waals surface area contributed by atoms with Crippen molar-refractivity contribution in [3.63, 3.8) is 0 Å². The molecule has 98 valence electrons. The smallest absolute Gasteiger partial charge is 0.250 e. The lowest BCUT2D eigenvalue weighted by molar-refractivity contribution is -0.120. The molecule has 18 heavy (non-hydrogen) atoms. The van der Waals surface area contributed by atoms with Crippen LogP contribution in [0.1, 0.15) is 18.4 Å². The number of carbonyl (C=O) groups excluding carboxylic acids is 1. The second-order valence-electron chi connectivity index (χ2n) is 4.51. The maximum absolute atomic E-state index is 11.7. The van der Waals surface area contributed by atoms with Crippen molar-refractivity contribution in [3.8, 4) is 0 Å². The molecule has 1 aromatic carbocycles. The maximum Gasteiger partial charge on any atom is 0.250 e. The molecule has 1 fully saturated rings. The van der Waals surface area contributed by atoms with Crippen LogP contribution in [0, 0.1) is 0 Å². The number of nitrogens with two attached hydrogens (primary N) is 1. The Morgan fingerprint density at radius 2 is 1.94 bits per heavy atom. The van der Waals surface area contributed by atoms with Gasteiger partial charge in [-0.2, -0.15) is 0 Å². The third-order valence-electron chi connectivity index (χ3n) is 2.84. The molecular weight excluding hydrogens is 252 g/mol. The highest BCUT2D eigenvalue weighted by Crippen LogP contribution is 2.27. The van der Waals surface area contributed by atoms with E-state index in [0.29, 0.717) is 19.3 Å². The molecule has 1 aliphatic carbocycles. The molecule has 0 saturated heterocycles. The number of hydrogen-bond donors (Lipinski definition) is 2. The molecule has 1 amide bonds. The molecule has 0 aliphatic heterocycles. The van der Waals surface area contributed by atoms with Gasteiger partial charge in [-0.15, -0.1) is 0 Å². The van der Waals surface area contributed by atoms with Gasteiger partial charge < -0.3 is 5.73 Å². The second kappa shape index (κ2) is 5.07. The number of carbonyl (C=O) groups is 1. The van der Waals surface area contributed by atoms with Crippen molar-refractivity contribution in [1.82, 2.24) is 4.72 Å². The third kappa shape index (κ3) is 3.30. The minimum atomic E-state index is -3.50. The van der Waals surface area contributed by atoms with Crippen LogP contribution in [-0.4, -0.2) is 25.6 Å². The zero-order valence-electron chi connectivity index (χ0n) is 9.87. The van der Waals surface area contributed by atoms with Gasteiger partial charge in [0.05, 0.1) is 11.3 Å². The Morgan fingerprint density at radius 1 is 1.33 bits per heavy atom. The molecule has 0 bridgehead atoms. The molecule has 3 N–H and O–H groups in total. The predicted molar refractivity (Wildman–Crippen MR) is 68.2 cm³/mol. The van der Waals surface area contributed by atoms with Crippen LogP contribution in [0.5, 0.6) is 0 Å². The van der Waals surface area contributed by atoms with Crippen LogP contribution in [0.3, 0.4) is 0 Å². The zero-order valence-corrected chi connectivity index (χ0v) is 10.7. The van der Waals surface area contributed by atoms with Crippen molar-refractivity contribution in [2.75, 3.05) is 0 Å². The molecule has 6 heteroatoms. The Hall–Kier alpha value is -1.40.